The standard InChI is InChI=1S/C16H17F3NO5PS/c1-10-4-7-15(26(21,22)25-3)14(8-10)20-27(23,24)12-6-5-11(2)13(9-12)16(17,18)19/h4-9,20H,1-3H3,(H,21,22). The Morgan fingerprint density at radius 1 is 1.11 bits per heavy atom. The van der Waals surface area contributed by atoms with Gasteiger partial charge in [-0.2, -0.15) is 13.2 Å². The molecule has 0 aromatic heterocycles. The number of anilines is 1. The number of aryl methyl sites for hydroxylation is 2. The second kappa shape index (κ2) is 7.27. The van der Waals surface area contributed by atoms with E-state index in [1.54, 1.807) is 6.92 Å². The van der Waals surface area contributed by atoms with Crippen molar-refractivity contribution in [2.75, 3.05) is 11.8 Å². The van der Waals surface area contributed by atoms with Crippen LogP contribution in [0, 0.1) is 13.8 Å². The Morgan fingerprint density at radius 3 is 2.30 bits per heavy atom. The third kappa shape index (κ3) is 4.70. The lowest BCUT2D eigenvalue weighted by atomic mass is 10.1. The molecule has 0 heterocycles. The van der Waals surface area contributed by atoms with Gasteiger partial charge in [-0.05, 0) is 49.2 Å². The first-order valence-electron chi connectivity index (χ1n) is 7.48. The molecule has 0 radical (unpaired) electrons. The fourth-order valence-electron chi connectivity index (χ4n) is 2.35. The van der Waals surface area contributed by atoms with Crippen LogP contribution in [-0.2, 0) is 25.3 Å². The molecule has 0 spiro atoms. The van der Waals surface area contributed by atoms with Crippen LogP contribution in [0.15, 0.2) is 41.3 Å². The van der Waals surface area contributed by atoms with Gasteiger partial charge in [0.25, 0.3) is 10.0 Å². The summed E-state index contributed by atoms with van der Waals surface area (Å²) in [5, 5.41) is -0.317. The van der Waals surface area contributed by atoms with Crippen LogP contribution in [0.2, 0.25) is 0 Å². The molecule has 0 aliphatic rings. The van der Waals surface area contributed by atoms with E-state index >= 15 is 0 Å². The molecular weight excluding hydrogens is 406 g/mol. The summed E-state index contributed by atoms with van der Waals surface area (Å²) < 4.78 is 83.1. The van der Waals surface area contributed by atoms with E-state index in [2.05, 4.69) is 9.25 Å². The molecular formula is C16H17F3NO5PS. The summed E-state index contributed by atoms with van der Waals surface area (Å²) in [6.07, 6.45) is -4.72. The van der Waals surface area contributed by atoms with Crippen molar-refractivity contribution in [1.29, 1.82) is 0 Å². The minimum atomic E-state index is -4.72. The first kappa shape index (κ1) is 21.4. The lowest BCUT2D eigenvalue weighted by Crippen LogP contribution is -2.20. The zero-order valence-electron chi connectivity index (χ0n) is 14.5. The number of benzene rings is 2. The highest BCUT2D eigenvalue weighted by Gasteiger charge is 2.34. The molecule has 2 rings (SSSR count). The molecule has 1 atom stereocenters. The first-order chi connectivity index (χ1) is 12.3. The number of alkyl halides is 3. The lowest BCUT2D eigenvalue weighted by molar-refractivity contribution is -0.138. The summed E-state index contributed by atoms with van der Waals surface area (Å²) in [5.74, 6) is 0. The van der Waals surface area contributed by atoms with Gasteiger partial charge in [-0.1, -0.05) is 12.1 Å². The monoisotopic (exact) mass is 423 g/mol. The maximum atomic E-state index is 13.1. The van der Waals surface area contributed by atoms with E-state index in [0.717, 1.165) is 19.2 Å². The predicted octanol–water partition coefficient (Wildman–Crippen LogP) is 3.58. The Labute approximate surface area is 154 Å². The van der Waals surface area contributed by atoms with Crippen molar-refractivity contribution in [3.05, 3.63) is 53.1 Å². The largest absolute Gasteiger partial charge is 0.416 e. The lowest BCUT2D eigenvalue weighted by Gasteiger charge is -2.17. The highest BCUT2D eigenvalue weighted by molar-refractivity contribution is 7.92. The van der Waals surface area contributed by atoms with Crippen molar-refractivity contribution in [2.45, 2.75) is 24.9 Å². The average molecular weight is 423 g/mol. The fraction of sp³-hybridized carbons (Fsp3) is 0.250. The van der Waals surface area contributed by atoms with E-state index in [0.29, 0.717) is 11.6 Å². The Kier molecular flexibility index (Phi) is 5.77. The van der Waals surface area contributed by atoms with Crippen molar-refractivity contribution in [1.82, 2.24) is 0 Å². The van der Waals surface area contributed by atoms with E-state index in [-0.39, 0.29) is 16.6 Å². The normalized spacial score (nSPS) is 14.6. The molecule has 0 aliphatic carbocycles. The molecule has 11 heteroatoms. The summed E-state index contributed by atoms with van der Waals surface area (Å²) >= 11 is 0. The number of sulfonamides is 1. The Hall–Kier alpha value is -1.87. The van der Waals surface area contributed by atoms with E-state index in [1.165, 1.54) is 25.1 Å². The summed E-state index contributed by atoms with van der Waals surface area (Å²) in [6, 6.07) is 6.56. The molecule has 6 nitrogen and oxygen atoms in total. The molecule has 0 saturated heterocycles. The summed E-state index contributed by atoms with van der Waals surface area (Å²) in [4.78, 5) is 9.24. The minimum absolute atomic E-state index is 0.128. The van der Waals surface area contributed by atoms with Gasteiger partial charge in [-0.15, -0.1) is 0 Å². The third-order valence-corrected chi connectivity index (χ3v) is 6.63. The first-order valence-corrected chi connectivity index (χ1v) is 10.5. The topological polar surface area (TPSA) is 92.7 Å². The second-order valence-corrected chi connectivity index (χ2v) is 9.37. The van der Waals surface area contributed by atoms with Gasteiger partial charge in [-0.25, -0.2) is 8.42 Å². The summed E-state index contributed by atoms with van der Waals surface area (Å²) in [7, 11) is -7.79. The number of rotatable bonds is 5. The molecule has 1 unspecified atom stereocenters. The van der Waals surface area contributed by atoms with Crippen molar-refractivity contribution in [2.24, 2.45) is 0 Å². The van der Waals surface area contributed by atoms with E-state index in [1.807, 2.05) is 0 Å². The number of nitrogens with one attached hydrogen (secondary N) is 1. The molecule has 0 bridgehead atoms. The van der Waals surface area contributed by atoms with Crippen molar-refractivity contribution >= 4 is 28.6 Å². The van der Waals surface area contributed by atoms with Crippen LogP contribution in [0.4, 0.5) is 18.9 Å². The van der Waals surface area contributed by atoms with Gasteiger partial charge in [0.1, 0.15) is 0 Å². The van der Waals surface area contributed by atoms with Gasteiger partial charge < -0.3 is 9.42 Å². The van der Waals surface area contributed by atoms with Gasteiger partial charge in [0.05, 0.1) is 21.5 Å². The van der Waals surface area contributed by atoms with Crippen LogP contribution in [0.5, 0.6) is 0 Å². The molecule has 0 amide bonds. The van der Waals surface area contributed by atoms with E-state index in [4.69, 9.17) is 0 Å². The fourth-order valence-corrected chi connectivity index (χ4v) is 4.41. The van der Waals surface area contributed by atoms with Crippen LogP contribution in [0.25, 0.3) is 0 Å². The molecule has 148 valence electrons. The van der Waals surface area contributed by atoms with E-state index < -0.39 is 34.3 Å². The maximum absolute atomic E-state index is 13.1. The zero-order chi connectivity index (χ0) is 20.6. The van der Waals surface area contributed by atoms with Crippen molar-refractivity contribution in [3.8, 4) is 0 Å². The smallest absolute Gasteiger partial charge is 0.321 e. The van der Waals surface area contributed by atoms with Crippen LogP contribution in [0.1, 0.15) is 16.7 Å². The highest BCUT2D eigenvalue weighted by Crippen LogP contribution is 2.42. The Balaban J connectivity index is 2.56. The van der Waals surface area contributed by atoms with Crippen LogP contribution >= 0.6 is 7.60 Å². The van der Waals surface area contributed by atoms with E-state index in [9.17, 15) is 31.0 Å². The predicted molar refractivity (Wildman–Crippen MR) is 94.6 cm³/mol. The van der Waals surface area contributed by atoms with Crippen LogP contribution in [-0.4, -0.2) is 20.4 Å². The Bertz CT molecular complexity index is 1020. The average Bonchev–Trinajstić information content (AvgIpc) is 2.53. The van der Waals surface area contributed by atoms with Gasteiger partial charge in [0.15, 0.2) is 0 Å². The summed E-state index contributed by atoms with van der Waals surface area (Å²) in [5.41, 5.74) is -0.902. The maximum Gasteiger partial charge on any atom is 0.416 e. The molecule has 0 fully saturated rings. The third-order valence-electron chi connectivity index (χ3n) is 3.77. The van der Waals surface area contributed by atoms with Crippen LogP contribution in [0.3, 0.4) is 0 Å². The van der Waals surface area contributed by atoms with Crippen LogP contribution < -0.4 is 10.0 Å². The SMILES string of the molecule is COP(=O)(O)c1ccc(C)cc1NS(=O)(=O)c1ccc(C)c(C(F)(F)F)c1. The van der Waals surface area contributed by atoms with Gasteiger partial charge >= 0.3 is 13.8 Å². The zero-order valence-corrected chi connectivity index (χ0v) is 16.2. The molecule has 2 N–H and O–H groups in total. The highest BCUT2D eigenvalue weighted by atomic mass is 32.2. The number of hydrogen-bond donors (Lipinski definition) is 2. The number of hydrogen-bond acceptors (Lipinski definition) is 4. The quantitative estimate of drug-likeness (QED) is 0.718. The molecule has 27 heavy (non-hydrogen) atoms. The van der Waals surface area contributed by atoms with Gasteiger partial charge in [-0.3, -0.25) is 9.29 Å². The van der Waals surface area contributed by atoms with Gasteiger partial charge in [0, 0.05) is 7.11 Å². The summed E-state index contributed by atoms with van der Waals surface area (Å²) in [6.45, 7) is 2.83. The van der Waals surface area contributed by atoms with Crippen molar-refractivity contribution in [3.63, 3.8) is 0 Å². The minimum Gasteiger partial charge on any atom is -0.321 e. The number of halogens is 3. The Morgan fingerprint density at radius 2 is 1.74 bits per heavy atom. The molecule has 0 saturated carbocycles. The molecule has 0 aliphatic heterocycles. The molecule has 2 aromatic rings. The van der Waals surface area contributed by atoms with Crippen molar-refractivity contribution < 1.29 is 35.6 Å². The van der Waals surface area contributed by atoms with Gasteiger partial charge in [0.2, 0.25) is 0 Å². The molecule has 2 aromatic carbocycles. The second-order valence-electron chi connectivity index (χ2n) is 5.80.